The van der Waals surface area contributed by atoms with Crippen LogP contribution in [0.25, 0.3) is 0 Å². The summed E-state index contributed by atoms with van der Waals surface area (Å²) in [4.78, 5) is 6.92. The molecule has 1 N–H and O–H groups in total. The van der Waals surface area contributed by atoms with Gasteiger partial charge < -0.3 is 10.1 Å². The van der Waals surface area contributed by atoms with Gasteiger partial charge in [0.25, 0.3) is 6.10 Å². The van der Waals surface area contributed by atoms with Crippen molar-refractivity contribution in [1.29, 1.82) is 0 Å². The predicted octanol–water partition coefficient (Wildman–Crippen LogP) is 3.43. The van der Waals surface area contributed by atoms with Crippen molar-refractivity contribution in [2.24, 2.45) is 0 Å². The van der Waals surface area contributed by atoms with E-state index < -0.39 is 29.4 Å². The molecule has 0 spiro atoms. The van der Waals surface area contributed by atoms with Gasteiger partial charge in [-0.25, -0.2) is 4.98 Å². The van der Waals surface area contributed by atoms with Gasteiger partial charge in [0.15, 0.2) is 0 Å². The summed E-state index contributed by atoms with van der Waals surface area (Å²) in [7, 11) is 0. The molecule has 1 rings (SSSR count). The molecular weight excluding hydrogens is 316 g/mol. The Morgan fingerprint density at radius 1 is 1.25 bits per heavy atom. The maximum absolute atomic E-state index is 12.3. The first-order valence-electron chi connectivity index (χ1n) is 5.12. The number of hydrogen-bond acceptors (Lipinski definition) is 4. The smallest absolute Gasteiger partial charge is 0.434 e. The van der Waals surface area contributed by atoms with E-state index in [4.69, 9.17) is 11.6 Å². The van der Waals surface area contributed by atoms with Crippen LogP contribution >= 0.6 is 11.6 Å². The number of hydrogen-bond donors (Lipinski definition) is 1. The largest absolute Gasteiger partial charge is 0.454 e. The highest BCUT2D eigenvalue weighted by Gasteiger charge is 2.59. The van der Waals surface area contributed by atoms with Gasteiger partial charge in [0.1, 0.15) is 5.02 Å². The molecule has 114 valence electrons. The molecule has 20 heavy (non-hydrogen) atoms. The SMILES string of the molecule is CCNc1ncc(Cl)c(OC(C(F)(F)F)C(F)(F)F)n1. The van der Waals surface area contributed by atoms with Crippen molar-refractivity contribution in [1.82, 2.24) is 9.97 Å². The van der Waals surface area contributed by atoms with Gasteiger partial charge in [-0.1, -0.05) is 11.6 Å². The number of nitrogens with one attached hydrogen (secondary N) is 1. The Bertz CT molecular complexity index is 450. The molecule has 0 amide bonds. The van der Waals surface area contributed by atoms with Gasteiger partial charge in [-0.05, 0) is 6.92 Å². The second kappa shape index (κ2) is 5.90. The molecule has 0 unspecified atom stereocenters. The Kier molecular flexibility index (Phi) is 4.90. The number of ether oxygens (including phenoxy) is 1. The molecule has 0 atom stereocenters. The Hall–Kier alpha value is -1.45. The number of halogens is 7. The molecule has 0 aliphatic carbocycles. The molecule has 0 saturated carbocycles. The highest BCUT2D eigenvalue weighted by Crippen LogP contribution is 2.37. The van der Waals surface area contributed by atoms with E-state index in [1.54, 1.807) is 6.92 Å². The molecule has 0 fully saturated rings. The van der Waals surface area contributed by atoms with Crippen LogP contribution in [0.1, 0.15) is 6.92 Å². The quantitative estimate of drug-likeness (QED) is 0.862. The van der Waals surface area contributed by atoms with Gasteiger partial charge in [-0.15, -0.1) is 0 Å². The first-order valence-corrected chi connectivity index (χ1v) is 5.50. The minimum atomic E-state index is -5.65. The number of aromatic nitrogens is 2. The molecule has 1 aromatic rings. The summed E-state index contributed by atoms with van der Waals surface area (Å²) >= 11 is 5.43. The lowest BCUT2D eigenvalue weighted by molar-refractivity contribution is -0.300. The summed E-state index contributed by atoms with van der Waals surface area (Å²) in [6.45, 7) is 1.94. The van der Waals surface area contributed by atoms with Crippen LogP contribution in [-0.4, -0.2) is 35.0 Å². The number of alkyl halides is 6. The van der Waals surface area contributed by atoms with Gasteiger partial charge >= 0.3 is 12.4 Å². The molecule has 4 nitrogen and oxygen atoms in total. The van der Waals surface area contributed by atoms with Crippen molar-refractivity contribution in [3.63, 3.8) is 0 Å². The minimum Gasteiger partial charge on any atom is -0.454 e. The normalized spacial score (nSPS) is 12.7. The van der Waals surface area contributed by atoms with Gasteiger partial charge in [0.2, 0.25) is 11.8 Å². The molecule has 0 saturated heterocycles. The Morgan fingerprint density at radius 2 is 1.80 bits per heavy atom. The molecule has 0 aromatic carbocycles. The topological polar surface area (TPSA) is 47.0 Å². The highest BCUT2D eigenvalue weighted by molar-refractivity contribution is 6.31. The lowest BCUT2D eigenvalue weighted by atomic mass is 10.3. The summed E-state index contributed by atoms with van der Waals surface area (Å²) in [6, 6.07) is 0. The Labute approximate surface area is 114 Å². The van der Waals surface area contributed by atoms with E-state index in [1.807, 2.05) is 0 Å². The van der Waals surface area contributed by atoms with E-state index in [2.05, 4.69) is 20.0 Å². The van der Waals surface area contributed by atoms with Gasteiger partial charge in [0.05, 0.1) is 6.20 Å². The highest BCUT2D eigenvalue weighted by atomic mass is 35.5. The molecule has 11 heteroatoms. The van der Waals surface area contributed by atoms with Gasteiger partial charge in [0, 0.05) is 6.54 Å². The van der Waals surface area contributed by atoms with E-state index in [0.717, 1.165) is 6.20 Å². The van der Waals surface area contributed by atoms with E-state index in [1.165, 1.54) is 0 Å². The zero-order chi connectivity index (χ0) is 15.6. The van der Waals surface area contributed by atoms with Crippen LogP contribution in [-0.2, 0) is 0 Å². The van der Waals surface area contributed by atoms with Gasteiger partial charge in [-0.2, -0.15) is 31.3 Å². The molecule has 1 heterocycles. The number of nitrogens with zero attached hydrogens (tertiary/aromatic N) is 2. The molecule has 0 radical (unpaired) electrons. The van der Waals surface area contributed by atoms with Crippen LogP contribution in [0.4, 0.5) is 32.3 Å². The standard InChI is InChI=1S/C9H8ClF6N3O/c1-2-17-7-18-3-4(10)5(19-7)20-6(8(11,12)13)9(14,15)16/h3,6H,2H2,1H3,(H,17,18,19). The van der Waals surface area contributed by atoms with E-state index in [0.29, 0.717) is 6.54 Å². The Balaban J connectivity index is 3.08. The maximum atomic E-state index is 12.3. The lowest BCUT2D eigenvalue weighted by Crippen LogP contribution is -2.46. The van der Waals surface area contributed by atoms with Crippen molar-refractivity contribution >= 4 is 17.5 Å². The fraction of sp³-hybridized carbons (Fsp3) is 0.556. The third-order valence-electron chi connectivity index (χ3n) is 1.87. The van der Waals surface area contributed by atoms with Crippen molar-refractivity contribution in [2.45, 2.75) is 25.4 Å². The summed E-state index contributed by atoms with van der Waals surface area (Å²) in [6.07, 6.45) is -14.5. The fourth-order valence-electron chi connectivity index (χ4n) is 1.11. The first-order chi connectivity index (χ1) is 9.05. The van der Waals surface area contributed by atoms with Crippen LogP contribution in [0.2, 0.25) is 5.02 Å². The van der Waals surface area contributed by atoms with Crippen molar-refractivity contribution in [2.75, 3.05) is 11.9 Å². The van der Waals surface area contributed by atoms with E-state index >= 15 is 0 Å². The molecule has 0 aliphatic heterocycles. The third-order valence-corrected chi connectivity index (χ3v) is 2.13. The molecular formula is C9H8ClF6N3O. The van der Waals surface area contributed by atoms with E-state index in [-0.39, 0.29) is 5.95 Å². The minimum absolute atomic E-state index is 0.199. The van der Waals surface area contributed by atoms with Crippen LogP contribution in [0.5, 0.6) is 5.88 Å². The fourth-order valence-corrected chi connectivity index (χ4v) is 1.24. The zero-order valence-corrected chi connectivity index (χ0v) is 10.6. The number of rotatable bonds is 4. The van der Waals surface area contributed by atoms with Crippen molar-refractivity contribution in [3.8, 4) is 5.88 Å². The van der Waals surface area contributed by atoms with Crippen LogP contribution in [0.15, 0.2) is 6.20 Å². The summed E-state index contributed by atoms with van der Waals surface area (Å²) in [5.41, 5.74) is 0. The zero-order valence-electron chi connectivity index (χ0n) is 9.81. The second-order valence-corrected chi connectivity index (χ2v) is 3.87. The van der Waals surface area contributed by atoms with Crippen molar-refractivity contribution in [3.05, 3.63) is 11.2 Å². The Morgan fingerprint density at radius 3 is 2.25 bits per heavy atom. The first kappa shape index (κ1) is 16.6. The molecule has 0 aliphatic rings. The van der Waals surface area contributed by atoms with Crippen molar-refractivity contribution < 1.29 is 31.1 Å². The summed E-state index contributed by atoms with van der Waals surface area (Å²) in [5, 5.41) is 1.94. The number of anilines is 1. The van der Waals surface area contributed by atoms with Crippen LogP contribution in [0, 0.1) is 0 Å². The van der Waals surface area contributed by atoms with Crippen LogP contribution < -0.4 is 10.1 Å². The van der Waals surface area contributed by atoms with E-state index in [9.17, 15) is 26.3 Å². The third kappa shape index (κ3) is 4.29. The molecule has 1 aromatic heterocycles. The average molecular weight is 324 g/mol. The second-order valence-electron chi connectivity index (χ2n) is 3.46. The molecule has 0 bridgehead atoms. The van der Waals surface area contributed by atoms with Gasteiger partial charge in [-0.3, -0.25) is 0 Å². The lowest BCUT2D eigenvalue weighted by Gasteiger charge is -2.23. The maximum Gasteiger partial charge on any atom is 0.434 e. The predicted molar refractivity (Wildman–Crippen MR) is 57.7 cm³/mol. The summed E-state index contributed by atoms with van der Waals surface area (Å²) in [5.74, 6) is -1.20. The monoisotopic (exact) mass is 323 g/mol. The average Bonchev–Trinajstić information content (AvgIpc) is 2.26. The van der Waals surface area contributed by atoms with Crippen LogP contribution in [0.3, 0.4) is 0 Å². The summed E-state index contributed by atoms with van der Waals surface area (Å²) < 4.78 is 77.9.